The topological polar surface area (TPSA) is 52.4 Å². The lowest BCUT2D eigenvalue weighted by Crippen LogP contribution is -2.26. The molecule has 1 saturated heterocycles. The highest BCUT2D eigenvalue weighted by Gasteiger charge is 2.27. The van der Waals surface area contributed by atoms with E-state index in [0.717, 1.165) is 75.2 Å². The van der Waals surface area contributed by atoms with Crippen molar-refractivity contribution >= 4 is 11.6 Å². The van der Waals surface area contributed by atoms with Crippen LogP contribution in [0.1, 0.15) is 36.2 Å². The van der Waals surface area contributed by atoms with Gasteiger partial charge in [0.1, 0.15) is 23.4 Å². The standard InChI is InChI=1S/C23H25ClN4O2/c24-18-6-8-19(9-7-18)30-20-4-1-3-17(15-20)16-27-11-10-22-25-26-23(28(22)13-12-27)21-5-2-14-29-21/h1,3-4,6-9,15,21H,2,5,10-14,16H2. The van der Waals surface area contributed by atoms with Crippen molar-refractivity contribution in [2.75, 3.05) is 19.7 Å². The number of nitrogens with zero attached hydrogens (tertiary/aromatic N) is 4. The minimum absolute atomic E-state index is 0.111. The Labute approximate surface area is 181 Å². The Kier molecular flexibility index (Phi) is 5.71. The van der Waals surface area contributed by atoms with Gasteiger partial charge in [-0.2, -0.15) is 0 Å². The number of hydrogen-bond acceptors (Lipinski definition) is 5. The summed E-state index contributed by atoms with van der Waals surface area (Å²) in [7, 11) is 0. The van der Waals surface area contributed by atoms with Gasteiger partial charge in [0.2, 0.25) is 0 Å². The van der Waals surface area contributed by atoms with Crippen LogP contribution in [-0.4, -0.2) is 39.4 Å². The van der Waals surface area contributed by atoms with Crippen molar-refractivity contribution in [3.05, 3.63) is 70.8 Å². The maximum absolute atomic E-state index is 5.99. The van der Waals surface area contributed by atoms with E-state index in [1.807, 2.05) is 36.4 Å². The number of rotatable bonds is 5. The molecule has 0 spiro atoms. The maximum atomic E-state index is 5.99. The lowest BCUT2D eigenvalue weighted by atomic mass is 10.2. The lowest BCUT2D eigenvalue weighted by molar-refractivity contribution is 0.101. The fraction of sp³-hybridized carbons (Fsp3) is 0.391. The van der Waals surface area contributed by atoms with E-state index in [-0.39, 0.29) is 6.10 Å². The van der Waals surface area contributed by atoms with Crippen LogP contribution in [-0.2, 0) is 24.2 Å². The van der Waals surface area contributed by atoms with Gasteiger partial charge in [-0.15, -0.1) is 10.2 Å². The quantitative estimate of drug-likeness (QED) is 0.597. The molecule has 30 heavy (non-hydrogen) atoms. The molecule has 2 aliphatic rings. The summed E-state index contributed by atoms with van der Waals surface area (Å²) in [5, 5.41) is 9.58. The molecule has 2 aliphatic heterocycles. The third kappa shape index (κ3) is 4.36. The molecule has 156 valence electrons. The number of aromatic nitrogens is 3. The summed E-state index contributed by atoms with van der Waals surface area (Å²) in [5.41, 5.74) is 1.23. The molecule has 3 aromatic rings. The first-order valence-corrected chi connectivity index (χ1v) is 10.9. The molecular formula is C23H25ClN4O2. The van der Waals surface area contributed by atoms with Gasteiger partial charge in [-0.1, -0.05) is 23.7 Å². The van der Waals surface area contributed by atoms with Crippen molar-refractivity contribution in [1.82, 2.24) is 19.7 Å². The smallest absolute Gasteiger partial charge is 0.162 e. The molecule has 1 fully saturated rings. The van der Waals surface area contributed by atoms with E-state index in [9.17, 15) is 0 Å². The Morgan fingerprint density at radius 3 is 2.77 bits per heavy atom. The first-order valence-electron chi connectivity index (χ1n) is 10.5. The van der Waals surface area contributed by atoms with Gasteiger partial charge in [0, 0.05) is 44.2 Å². The van der Waals surface area contributed by atoms with Crippen LogP contribution in [0.5, 0.6) is 11.5 Å². The van der Waals surface area contributed by atoms with Crippen LogP contribution in [0.4, 0.5) is 0 Å². The van der Waals surface area contributed by atoms with Gasteiger partial charge in [0.25, 0.3) is 0 Å². The molecule has 7 heteroatoms. The summed E-state index contributed by atoms with van der Waals surface area (Å²) in [5.74, 6) is 3.69. The third-order valence-electron chi connectivity index (χ3n) is 5.72. The Morgan fingerprint density at radius 2 is 1.93 bits per heavy atom. The molecule has 0 bridgehead atoms. The van der Waals surface area contributed by atoms with Crippen LogP contribution in [0.15, 0.2) is 48.5 Å². The number of ether oxygens (including phenoxy) is 2. The zero-order valence-electron chi connectivity index (χ0n) is 16.8. The van der Waals surface area contributed by atoms with Crippen LogP contribution in [0.25, 0.3) is 0 Å². The molecule has 1 aromatic heterocycles. The molecule has 0 amide bonds. The molecule has 0 saturated carbocycles. The minimum Gasteiger partial charge on any atom is -0.457 e. The summed E-state index contributed by atoms with van der Waals surface area (Å²) in [6.45, 7) is 4.54. The molecule has 2 aromatic carbocycles. The van der Waals surface area contributed by atoms with Gasteiger partial charge in [0.15, 0.2) is 5.82 Å². The summed E-state index contributed by atoms with van der Waals surface area (Å²) >= 11 is 5.96. The zero-order valence-corrected chi connectivity index (χ0v) is 17.6. The molecule has 1 unspecified atom stereocenters. The van der Waals surface area contributed by atoms with Crippen molar-refractivity contribution in [2.45, 2.75) is 38.5 Å². The second-order valence-electron chi connectivity index (χ2n) is 7.86. The fourth-order valence-corrected chi connectivity index (χ4v) is 4.30. The molecule has 0 radical (unpaired) electrons. The molecule has 0 N–H and O–H groups in total. The van der Waals surface area contributed by atoms with E-state index in [4.69, 9.17) is 21.1 Å². The van der Waals surface area contributed by atoms with E-state index in [2.05, 4.69) is 31.8 Å². The van der Waals surface area contributed by atoms with Crippen molar-refractivity contribution in [2.24, 2.45) is 0 Å². The maximum Gasteiger partial charge on any atom is 0.162 e. The first-order chi connectivity index (χ1) is 14.7. The van der Waals surface area contributed by atoms with E-state index < -0.39 is 0 Å². The number of fused-ring (bicyclic) bond motifs is 1. The first kappa shape index (κ1) is 19.5. The highest BCUT2D eigenvalue weighted by Crippen LogP contribution is 2.29. The van der Waals surface area contributed by atoms with E-state index in [0.29, 0.717) is 5.02 Å². The Balaban J connectivity index is 1.24. The highest BCUT2D eigenvalue weighted by molar-refractivity contribution is 6.30. The van der Waals surface area contributed by atoms with Crippen molar-refractivity contribution in [3.63, 3.8) is 0 Å². The SMILES string of the molecule is Clc1ccc(Oc2cccc(CN3CCc4nnc(C5CCCO5)n4CC3)c2)cc1. The van der Waals surface area contributed by atoms with Crippen LogP contribution in [0.2, 0.25) is 5.02 Å². The van der Waals surface area contributed by atoms with Crippen LogP contribution in [0.3, 0.4) is 0 Å². The Hall–Kier alpha value is -2.41. The second-order valence-corrected chi connectivity index (χ2v) is 8.29. The Morgan fingerprint density at radius 1 is 1.03 bits per heavy atom. The van der Waals surface area contributed by atoms with Crippen molar-refractivity contribution < 1.29 is 9.47 Å². The van der Waals surface area contributed by atoms with E-state index >= 15 is 0 Å². The average molecular weight is 425 g/mol. The highest BCUT2D eigenvalue weighted by atomic mass is 35.5. The molecular weight excluding hydrogens is 400 g/mol. The van der Waals surface area contributed by atoms with Crippen LogP contribution >= 0.6 is 11.6 Å². The molecule has 0 aliphatic carbocycles. The van der Waals surface area contributed by atoms with Crippen molar-refractivity contribution in [1.29, 1.82) is 0 Å². The summed E-state index contributed by atoms with van der Waals surface area (Å²) in [4.78, 5) is 2.47. The number of halogens is 1. The average Bonchev–Trinajstić information content (AvgIpc) is 3.38. The normalized spacial score (nSPS) is 19.4. The second kappa shape index (κ2) is 8.76. The minimum atomic E-state index is 0.111. The molecule has 6 nitrogen and oxygen atoms in total. The van der Waals surface area contributed by atoms with Gasteiger partial charge in [-0.25, -0.2) is 0 Å². The predicted octanol–water partition coefficient (Wildman–Crippen LogP) is 4.63. The number of hydrogen-bond donors (Lipinski definition) is 0. The zero-order chi connectivity index (χ0) is 20.3. The van der Waals surface area contributed by atoms with Crippen LogP contribution in [0, 0.1) is 0 Å². The van der Waals surface area contributed by atoms with E-state index in [1.165, 1.54) is 5.56 Å². The molecule has 1 atom stereocenters. The summed E-state index contributed by atoms with van der Waals surface area (Å²) in [6, 6.07) is 15.7. The van der Waals surface area contributed by atoms with Gasteiger partial charge >= 0.3 is 0 Å². The van der Waals surface area contributed by atoms with Gasteiger partial charge in [0.05, 0.1) is 0 Å². The summed E-state index contributed by atoms with van der Waals surface area (Å²) in [6.07, 6.45) is 3.16. The monoisotopic (exact) mass is 424 g/mol. The van der Waals surface area contributed by atoms with Gasteiger partial charge < -0.3 is 14.0 Å². The van der Waals surface area contributed by atoms with Crippen molar-refractivity contribution in [3.8, 4) is 11.5 Å². The molecule has 3 heterocycles. The van der Waals surface area contributed by atoms with Gasteiger partial charge in [-0.05, 0) is 54.8 Å². The predicted molar refractivity (Wildman–Crippen MR) is 115 cm³/mol. The summed E-state index contributed by atoms with van der Waals surface area (Å²) < 4.78 is 14.1. The van der Waals surface area contributed by atoms with Gasteiger partial charge in [-0.3, -0.25) is 4.90 Å². The third-order valence-corrected chi connectivity index (χ3v) is 5.97. The molecule has 5 rings (SSSR count). The largest absolute Gasteiger partial charge is 0.457 e. The fourth-order valence-electron chi connectivity index (χ4n) is 4.17. The van der Waals surface area contributed by atoms with Crippen LogP contribution < -0.4 is 4.74 Å². The number of benzene rings is 2. The lowest BCUT2D eigenvalue weighted by Gasteiger charge is -2.20. The Bertz CT molecular complexity index is 999. The van der Waals surface area contributed by atoms with E-state index in [1.54, 1.807) is 0 Å².